The lowest BCUT2D eigenvalue weighted by molar-refractivity contribution is -0.171. The molecule has 216 valence electrons. The highest BCUT2D eigenvalue weighted by molar-refractivity contribution is 5.98. The van der Waals surface area contributed by atoms with Gasteiger partial charge in [-0.25, -0.2) is 5.01 Å². The molecule has 1 aromatic heterocycles. The fraction of sp³-hybridized carbons (Fsp3) is 0.500. The van der Waals surface area contributed by atoms with Crippen LogP contribution in [0.15, 0.2) is 51.2 Å². The van der Waals surface area contributed by atoms with E-state index in [4.69, 9.17) is 23.9 Å². The van der Waals surface area contributed by atoms with Crippen molar-refractivity contribution in [2.75, 3.05) is 0 Å². The van der Waals surface area contributed by atoms with Crippen LogP contribution in [-0.4, -0.2) is 62.9 Å². The van der Waals surface area contributed by atoms with Crippen molar-refractivity contribution in [1.82, 2.24) is 20.5 Å². The molecule has 1 aliphatic carbocycles. The van der Waals surface area contributed by atoms with Gasteiger partial charge in [0, 0.05) is 12.0 Å². The van der Waals surface area contributed by atoms with Crippen molar-refractivity contribution in [3.05, 3.63) is 53.4 Å². The fourth-order valence-corrected chi connectivity index (χ4v) is 4.81. The van der Waals surface area contributed by atoms with E-state index in [0.29, 0.717) is 54.3 Å². The van der Waals surface area contributed by atoms with Gasteiger partial charge in [0.05, 0.1) is 35.0 Å². The number of allylic oxidation sites excluding steroid dienone is 3. The zero-order chi connectivity index (χ0) is 29.3. The number of aromatic nitrogens is 2. The second kappa shape index (κ2) is 11.1. The Morgan fingerprint density at radius 3 is 2.63 bits per heavy atom. The van der Waals surface area contributed by atoms with Gasteiger partial charge in [-0.1, -0.05) is 0 Å². The molecular weight excluding hydrogens is 532 g/mol. The number of aliphatic carboxylic acids is 1. The van der Waals surface area contributed by atoms with E-state index < -0.39 is 29.7 Å². The van der Waals surface area contributed by atoms with Crippen LogP contribution >= 0.6 is 0 Å². The van der Waals surface area contributed by atoms with Gasteiger partial charge in [-0.05, 0) is 65.5 Å². The number of nitrogens with zero attached hydrogens (tertiary/aromatic N) is 5. The standard InChI is InChI=1S/C28H32N6O7/c1-15(2)31-21-10-22(25-34-18(13-39-25)9-16(11-29)12-30-34)38-14-20(21)24-33-32-23(41-24)17-5-7-19(8-6-17)40-27(37)28(3,4)26(35)36/h9-10,12-15,17,19,22,25,31H,5-8H2,1-4H3,(H,35,36). The van der Waals surface area contributed by atoms with Crippen molar-refractivity contribution in [1.29, 1.82) is 5.26 Å². The zero-order valence-corrected chi connectivity index (χ0v) is 23.2. The molecule has 3 aliphatic heterocycles. The largest absolute Gasteiger partial charge is 0.487 e. The molecular formula is C28H32N6O7. The van der Waals surface area contributed by atoms with Crippen molar-refractivity contribution in [3.63, 3.8) is 0 Å². The van der Waals surface area contributed by atoms with Crippen LogP contribution in [0.3, 0.4) is 0 Å². The molecule has 2 N–H and O–H groups in total. The SMILES string of the molecule is CC(C)NC1=CC(C2OC=C3C=C(C#N)C=NN32)OC=C1c1nnc(C2CCC(OC(=O)C(C)(C)C(=O)O)CC2)o1. The van der Waals surface area contributed by atoms with Gasteiger partial charge in [0.15, 0.2) is 11.5 Å². The minimum atomic E-state index is -1.59. The second-order valence-electron chi connectivity index (χ2n) is 11.1. The molecule has 5 rings (SSSR count). The molecule has 2 unspecified atom stereocenters. The van der Waals surface area contributed by atoms with E-state index in [0.717, 1.165) is 5.70 Å². The Bertz CT molecular complexity index is 1400. The smallest absolute Gasteiger partial charge is 0.323 e. The van der Waals surface area contributed by atoms with E-state index >= 15 is 0 Å². The molecule has 0 saturated heterocycles. The average molecular weight is 565 g/mol. The summed E-state index contributed by atoms with van der Waals surface area (Å²) in [6.07, 6.45) is 9.20. The Balaban J connectivity index is 1.24. The lowest BCUT2D eigenvalue weighted by Crippen LogP contribution is -2.40. The number of hydrogen-bond donors (Lipinski definition) is 2. The molecule has 0 spiro atoms. The number of esters is 1. The number of fused-ring (bicyclic) bond motifs is 1. The van der Waals surface area contributed by atoms with Crippen LogP contribution in [-0.2, 0) is 23.8 Å². The lowest BCUT2D eigenvalue weighted by atomic mass is 9.87. The van der Waals surface area contributed by atoms with Crippen molar-refractivity contribution in [2.24, 2.45) is 10.5 Å². The van der Waals surface area contributed by atoms with Gasteiger partial charge in [0.2, 0.25) is 12.1 Å². The lowest BCUT2D eigenvalue weighted by Gasteiger charge is -2.31. The molecule has 1 aromatic rings. The number of hydrogen-bond acceptors (Lipinski definition) is 12. The molecule has 1 saturated carbocycles. The van der Waals surface area contributed by atoms with E-state index in [2.05, 4.69) is 26.7 Å². The molecule has 4 heterocycles. The molecule has 0 aromatic carbocycles. The average Bonchev–Trinajstić information content (AvgIpc) is 3.60. The topological polar surface area (TPSA) is 172 Å². The summed E-state index contributed by atoms with van der Waals surface area (Å²) >= 11 is 0. The summed E-state index contributed by atoms with van der Waals surface area (Å²) in [5, 5.41) is 36.4. The van der Waals surface area contributed by atoms with Gasteiger partial charge >= 0.3 is 11.9 Å². The number of carboxylic acids is 1. The summed E-state index contributed by atoms with van der Waals surface area (Å²) in [5.41, 5.74) is 0.853. The summed E-state index contributed by atoms with van der Waals surface area (Å²) in [6.45, 7) is 6.70. The van der Waals surface area contributed by atoms with Gasteiger partial charge in [0.25, 0.3) is 5.89 Å². The number of carboxylic acid groups (broad SMARTS) is 1. The summed E-state index contributed by atoms with van der Waals surface area (Å²) < 4.78 is 23.4. The minimum absolute atomic E-state index is 0.0123. The van der Waals surface area contributed by atoms with Gasteiger partial charge in [-0.2, -0.15) is 10.4 Å². The first-order valence-corrected chi connectivity index (χ1v) is 13.5. The van der Waals surface area contributed by atoms with E-state index in [9.17, 15) is 14.7 Å². The van der Waals surface area contributed by atoms with Crippen molar-refractivity contribution >= 4 is 23.7 Å². The Morgan fingerprint density at radius 1 is 1.20 bits per heavy atom. The third kappa shape index (κ3) is 5.68. The summed E-state index contributed by atoms with van der Waals surface area (Å²) in [7, 11) is 0. The maximum Gasteiger partial charge on any atom is 0.323 e. The third-order valence-electron chi connectivity index (χ3n) is 7.29. The second-order valence-corrected chi connectivity index (χ2v) is 11.1. The Hall–Kier alpha value is -4.60. The molecule has 13 nitrogen and oxygen atoms in total. The van der Waals surface area contributed by atoms with Crippen molar-refractivity contribution in [2.45, 2.75) is 83.8 Å². The monoisotopic (exact) mass is 564 g/mol. The first-order chi connectivity index (χ1) is 19.6. The first-order valence-electron chi connectivity index (χ1n) is 13.5. The molecule has 4 aliphatic rings. The van der Waals surface area contributed by atoms with Crippen LogP contribution in [0, 0.1) is 16.7 Å². The van der Waals surface area contributed by atoms with Crippen LogP contribution < -0.4 is 5.32 Å². The van der Waals surface area contributed by atoms with Crippen LogP contribution in [0.4, 0.5) is 0 Å². The quantitative estimate of drug-likeness (QED) is 0.349. The highest BCUT2D eigenvalue weighted by atomic mass is 16.6. The van der Waals surface area contributed by atoms with E-state index in [1.165, 1.54) is 20.1 Å². The number of nitrogens with one attached hydrogen (secondary N) is 1. The summed E-state index contributed by atoms with van der Waals surface area (Å²) in [4.78, 5) is 23.6. The van der Waals surface area contributed by atoms with Crippen LogP contribution in [0.1, 0.15) is 71.1 Å². The Morgan fingerprint density at radius 2 is 1.95 bits per heavy atom. The van der Waals surface area contributed by atoms with E-state index in [-0.39, 0.29) is 18.1 Å². The van der Waals surface area contributed by atoms with Crippen LogP contribution in [0.25, 0.3) is 5.57 Å². The fourth-order valence-electron chi connectivity index (χ4n) is 4.81. The Kier molecular flexibility index (Phi) is 7.57. The van der Waals surface area contributed by atoms with E-state index in [1.807, 2.05) is 19.9 Å². The predicted octanol–water partition coefficient (Wildman–Crippen LogP) is 3.32. The number of rotatable bonds is 8. The minimum Gasteiger partial charge on any atom is -0.487 e. The molecule has 0 amide bonds. The van der Waals surface area contributed by atoms with Crippen molar-refractivity contribution < 1.29 is 33.3 Å². The molecule has 13 heteroatoms. The van der Waals surface area contributed by atoms with Gasteiger partial charge in [-0.3, -0.25) is 9.59 Å². The van der Waals surface area contributed by atoms with E-state index in [1.54, 1.807) is 23.6 Å². The van der Waals surface area contributed by atoms with Crippen LogP contribution in [0.5, 0.6) is 0 Å². The maximum atomic E-state index is 12.3. The van der Waals surface area contributed by atoms with Crippen LogP contribution in [0.2, 0.25) is 0 Å². The predicted molar refractivity (Wildman–Crippen MR) is 143 cm³/mol. The maximum absolute atomic E-state index is 12.3. The van der Waals surface area contributed by atoms with Gasteiger partial charge in [0.1, 0.15) is 18.4 Å². The first kappa shape index (κ1) is 27.9. The number of hydrazone groups is 1. The molecule has 0 radical (unpaired) electrons. The molecule has 2 atom stereocenters. The number of ether oxygens (including phenoxy) is 3. The zero-order valence-electron chi connectivity index (χ0n) is 23.2. The third-order valence-corrected chi connectivity index (χ3v) is 7.29. The normalized spacial score (nSPS) is 25.5. The Labute approximate surface area is 236 Å². The number of carbonyl (C=O) groups excluding carboxylic acids is 1. The summed E-state index contributed by atoms with van der Waals surface area (Å²) in [5.74, 6) is -1.18. The highest BCUT2D eigenvalue weighted by Gasteiger charge is 2.41. The van der Waals surface area contributed by atoms with Gasteiger partial charge in [-0.15, -0.1) is 10.2 Å². The van der Waals surface area contributed by atoms with Gasteiger partial charge < -0.3 is 29.1 Å². The number of carbonyl (C=O) groups is 2. The molecule has 0 bridgehead atoms. The molecule has 1 fully saturated rings. The highest BCUT2D eigenvalue weighted by Crippen LogP contribution is 2.37. The summed E-state index contributed by atoms with van der Waals surface area (Å²) in [6, 6.07) is 2.17. The number of nitriles is 1. The van der Waals surface area contributed by atoms with Crippen molar-refractivity contribution in [3.8, 4) is 6.07 Å². The molecule has 41 heavy (non-hydrogen) atoms.